The Hall–Kier alpha value is -1.40. The summed E-state index contributed by atoms with van der Waals surface area (Å²) < 4.78 is 0. The predicted octanol–water partition coefficient (Wildman–Crippen LogP) is 2.30. The van der Waals surface area contributed by atoms with Crippen LogP contribution in [0, 0.1) is 17.2 Å². The standard InChI is InChI=1S/C14H19N3/c15-11-13-1-3-14(4-2-13)17-10-7-12-5-8-16-9-6-12/h5-6,8-9,13-14,17H,1-4,7,10H2. The molecule has 1 fully saturated rings. The van der Waals surface area contributed by atoms with E-state index in [0.29, 0.717) is 12.0 Å². The van der Waals surface area contributed by atoms with Gasteiger partial charge in [0.05, 0.1) is 6.07 Å². The summed E-state index contributed by atoms with van der Waals surface area (Å²) >= 11 is 0. The molecule has 0 spiro atoms. The normalized spacial score (nSPS) is 24.2. The molecule has 1 heterocycles. The van der Waals surface area contributed by atoms with Crippen molar-refractivity contribution in [3.8, 4) is 6.07 Å². The summed E-state index contributed by atoms with van der Waals surface area (Å²) in [6.45, 7) is 1.02. The molecule has 17 heavy (non-hydrogen) atoms. The molecule has 0 aliphatic heterocycles. The average Bonchev–Trinajstić information content (AvgIpc) is 2.41. The number of hydrogen-bond acceptors (Lipinski definition) is 3. The molecular formula is C14H19N3. The number of pyridine rings is 1. The largest absolute Gasteiger partial charge is 0.314 e. The first-order valence-corrected chi connectivity index (χ1v) is 6.40. The van der Waals surface area contributed by atoms with E-state index in [0.717, 1.165) is 38.6 Å². The SMILES string of the molecule is N#CC1CCC(NCCc2ccncc2)CC1. The van der Waals surface area contributed by atoms with Crippen LogP contribution in [0.5, 0.6) is 0 Å². The molecule has 2 rings (SSSR count). The Balaban J connectivity index is 1.65. The maximum Gasteiger partial charge on any atom is 0.0655 e. The smallest absolute Gasteiger partial charge is 0.0655 e. The summed E-state index contributed by atoms with van der Waals surface area (Å²) in [5.41, 5.74) is 1.33. The summed E-state index contributed by atoms with van der Waals surface area (Å²) in [6, 6.07) is 7.11. The molecule has 1 aliphatic rings. The van der Waals surface area contributed by atoms with E-state index < -0.39 is 0 Å². The Kier molecular flexibility index (Phi) is 4.52. The number of nitriles is 1. The van der Waals surface area contributed by atoms with E-state index in [1.54, 1.807) is 0 Å². The monoisotopic (exact) mass is 229 g/mol. The van der Waals surface area contributed by atoms with Crippen molar-refractivity contribution in [3.63, 3.8) is 0 Å². The third kappa shape index (κ3) is 3.83. The molecule has 0 unspecified atom stereocenters. The number of nitrogens with zero attached hydrogens (tertiary/aromatic N) is 2. The second kappa shape index (κ2) is 6.36. The van der Waals surface area contributed by atoms with Gasteiger partial charge in [-0.25, -0.2) is 0 Å². The van der Waals surface area contributed by atoms with Crippen LogP contribution in [0.3, 0.4) is 0 Å². The van der Waals surface area contributed by atoms with Crippen LogP contribution in [-0.2, 0) is 6.42 Å². The quantitative estimate of drug-likeness (QED) is 0.861. The van der Waals surface area contributed by atoms with Crippen molar-refractivity contribution in [2.45, 2.75) is 38.1 Å². The second-order valence-electron chi connectivity index (χ2n) is 4.74. The van der Waals surface area contributed by atoms with E-state index in [1.165, 1.54) is 5.56 Å². The molecule has 1 saturated carbocycles. The average molecular weight is 229 g/mol. The topological polar surface area (TPSA) is 48.7 Å². The molecule has 0 saturated heterocycles. The molecule has 1 N–H and O–H groups in total. The maximum absolute atomic E-state index is 8.83. The Labute approximate surface area is 103 Å². The molecule has 0 radical (unpaired) electrons. The van der Waals surface area contributed by atoms with Gasteiger partial charge in [-0.3, -0.25) is 4.98 Å². The molecular weight excluding hydrogens is 210 g/mol. The lowest BCUT2D eigenvalue weighted by Gasteiger charge is -2.25. The summed E-state index contributed by atoms with van der Waals surface area (Å²) in [7, 11) is 0. The molecule has 1 aliphatic carbocycles. The van der Waals surface area contributed by atoms with Crippen molar-refractivity contribution in [2.24, 2.45) is 5.92 Å². The van der Waals surface area contributed by atoms with Crippen molar-refractivity contribution in [1.29, 1.82) is 5.26 Å². The van der Waals surface area contributed by atoms with Gasteiger partial charge < -0.3 is 5.32 Å². The first-order valence-electron chi connectivity index (χ1n) is 6.40. The van der Waals surface area contributed by atoms with Gasteiger partial charge in [-0.05, 0) is 56.3 Å². The van der Waals surface area contributed by atoms with Crippen LogP contribution in [0.4, 0.5) is 0 Å². The summed E-state index contributed by atoms with van der Waals surface area (Å²) in [5, 5.41) is 12.4. The number of nitrogens with one attached hydrogen (secondary N) is 1. The van der Waals surface area contributed by atoms with Crippen molar-refractivity contribution in [2.75, 3.05) is 6.54 Å². The third-order valence-corrected chi connectivity index (χ3v) is 3.51. The van der Waals surface area contributed by atoms with E-state index in [-0.39, 0.29) is 0 Å². The van der Waals surface area contributed by atoms with Gasteiger partial charge >= 0.3 is 0 Å². The lowest BCUT2D eigenvalue weighted by atomic mass is 9.87. The van der Waals surface area contributed by atoms with Gasteiger partial charge in [0.15, 0.2) is 0 Å². The molecule has 0 bridgehead atoms. The molecule has 0 aromatic carbocycles. The van der Waals surface area contributed by atoms with Gasteiger partial charge in [0.25, 0.3) is 0 Å². The minimum absolute atomic E-state index is 0.299. The fourth-order valence-corrected chi connectivity index (χ4v) is 2.40. The summed E-state index contributed by atoms with van der Waals surface area (Å²) in [5.74, 6) is 0.299. The van der Waals surface area contributed by atoms with Gasteiger partial charge in [-0.1, -0.05) is 0 Å². The van der Waals surface area contributed by atoms with Gasteiger partial charge in [-0.15, -0.1) is 0 Å². The molecule has 90 valence electrons. The molecule has 0 atom stereocenters. The van der Waals surface area contributed by atoms with E-state index in [9.17, 15) is 0 Å². The van der Waals surface area contributed by atoms with Crippen molar-refractivity contribution in [3.05, 3.63) is 30.1 Å². The minimum Gasteiger partial charge on any atom is -0.314 e. The first-order chi connectivity index (χ1) is 8.38. The summed E-state index contributed by atoms with van der Waals surface area (Å²) in [6.07, 6.45) is 9.15. The fourth-order valence-electron chi connectivity index (χ4n) is 2.40. The van der Waals surface area contributed by atoms with Crippen molar-refractivity contribution < 1.29 is 0 Å². The van der Waals surface area contributed by atoms with Gasteiger partial charge in [0.1, 0.15) is 0 Å². The first kappa shape index (κ1) is 12.1. The van der Waals surface area contributed by atoms with Crippen molar-refractivity contribution >= 4 is 0 Å². The van der Waals surface area contributed by atoms with Gasteiger partial charge in [0, 0.05) is 24.4 Å². The number of aromatic nitrogens is 1. The number of hydrogen-bond donors (Lipinski definition) is 1. The van der Waals surface area contributed by atoms with Crippen molar-refractivity contribution in [1.82, 2.24) is 10.3 Å². The van der Waals surface area contributed by atoms with Crippen LogP contribution >= 0.6 is 0 Å². The van der Waals surface area contributed by atoms with Crippen LogP contribution in [0.2, 0.25) is 0 Å². The van der Waals surface area contributed by atoms with E-state index in [4.69, 9.17) is 5.26 Å². The molecule has 1 aromatic rings. The van der Waals surface area contributed by atoms with Crippen LogP contribution in [0.1, 0.15) is 31.2 Å². The van der Waals surface area contributed by atoms with E-state index in [1.807, 2.05) is 12.4 Å². The highest BCUT2D eigenvalue weighted by atomic mass is 14.9. The lowest BCUT2D eigenvalue weighted by Crippen LogP contribution is -2.34. The highest BCUT2D eigenvalue weighted by Gasteiger charge is 2.19. The zero-order valence-corrected chi connectivity index (χ0v) is 10.1. The van der Waals surface area contributed by atoms with Crippen LogP contribution in [-0.4, -0.2) is 17.6 Å². The predicted molar refractivity (Wildman–Crippen MR) is 67.3 cm³/mol. The molecule has 3 nitrogen and oxygen atoms in total. The van der Waals surface area contributed by atoms with Crippen LogP contribution in [0.15, 0.2) is 24.5 Å². The Morgan fingerprint density at radius 3 is 2.59 bits per heavy atom. The third-order valence-electron chi connectivity index (χ3n) is 3.51. The summed E-state index contributed by atoms with van der Waals surface area (Å²) in [4.78, 5) is 4.01. The minimum atomic E-state index is 0.299. The molecule has 3 heteroatoms. The van der Waals surface area contributed by atoms with Gasteiger partial charge in [0.2, 0.25) is 0 Å². The van der Waals surface area contributed by atoms with E-state index >= 15 is 0 Å². The van der Waals surface area contributed by atoms with Crippen LogP contribution < -0.4 is 5.32 Å². The maximum atomic E-state index is 8.83. The zero-order valence-electron chi connectivity index (χ0n) is 10.1. The highest BCUT2D eigenvalue weighted by molar-refractivity contribution is 5.09. The Morgan fingerprint density at radius 2 is 1.94 bits per heavy atom. The fraction of sp³-hybridized carbons (Fsp3) is 0.571. The van der Waals surface area contributed by atoms with Gasteiger partial charge in [-0.2, -0.15) is 5.26 Å². The lowest BCUT2D eigenvalue weighted by molar-refractivity contribution is 0.334. The molecule has 0 amide bonds. The molecule has 1 aromatic heterocycles. The second-order valence-corrected chi connectivity index (χ2v) is 4.74. The highest BCUT2D eigenvalue weighted by Crippen LogP contribution is 2.23. The Bertz CT molecular complexity index is 361. The van der Waals surface area contributed by atoms with Crippen LogP contribution in [0.25, 0.3) is 0 Å². The Morgan fingerprint density at radius 1 is 1.24 bits per heavy atom. The van der Waals surface area contributed by atoms with E-state index in [2.05, 4.69) is 28.5 Å². The zero-order chi connectivity index (χ0) is 11.9. The number of rotatable bonds is 4.